The van der Waals surface area contributed by atoms with Crippen molar-refractivity contribution in [3.63, 3.8) is 0 Å². The van der Waals surface area contributed by atoms with Crippen LogP contribution in [0.3, 0.4) is 0 Å². The predicted molar refractivity (Wildman–Crippen MR) is 151 cm³/mol. The highest BCUT2D eigenvalue weighted by Crippen LogP contribution is 2.54. The third kappa shape index (κ3) is 6.61. The molecule has 0 aromatic heterocycles. The third-order valence-electron chi connectivity index (χ3n) is 9.36. The maximum atomic E-state index is 14.5. The summed E-state index contributed by atoms with van der Waals surface area (Å²) in [5, 5.41) is 16.2. The number of hydrogen-bond donors (Lipinski definition) is 2. The Kier molecular flexibility index (Phi) is 9.07. The number of rotatable bonds is 10. The van der Waals surface area contributed by atoms with Crippen LogP contribution in [0.15, 0.2) is 27.5 Å². The SMILES string of the molecule is CC1(C)CC(CN(CC(=O)C2=C(Cl)CC(F)=CC2Cl)C(=O)C(C=N)C(=NC23CCC(C(=O)O)(CC2)CC3)C(F)(F)F)C1. The Hall–Kier alpha value is -2.27. The molecule has 42 heavy (non-hydrogen) atoms. The van der Waals surface area contributed by atoms with Crippen molar-refractivity contribution in [1.29, 1.82) is 5.41 Å². The second-order valence-corrected chi connectivity index (χ2v) is 14.0. The first kappa shape index (κ1) is 32.6. The highest BCUT2D eigenvalue weighted by atomic mass is 35.5. The Morgan fingerprint density at radius 1 is 1.17 bits per heavy atom. The fourth-order valence-corrected chi connectivity index (χ4v) is 7.91. The zero-order chi connectivity index (χ0) is 31.3. The second kappa shape index (κ2) is 11.7. The van der Waals surface area contributed by atoms with Gasteiger partial charge < -0.3 is 15.4 Å². The van der Waals surface area contributed by atoms with Gasteiger partial charge in [-0.1, -0.05) is 25.4 Å². The molecule has 5 rings (SSSR count). The molecule has 4 fully saturated rings. The van der Waals surface area contributed by atoms with Crippen LogP contribution in [0, 0.1) is 28.1 Å². The van der Waals surface area contributed by atoms with Gasteiger partial charge in [0.05, 0.1) is 22.9 Å². The Morgan fingerprint density at radius 2 is 1.74 bits per heavy atom. The van der Waals surface area contributed by atoms with Crippen molar-refractivity contribution in [2.45, 2.75) is 88.7 Å². The lowest BCUT2D eigenvalue weighted by Crippen LogP contribution is -2.52. The number of amides is 1. The van der Waals surface area contributed by atoms with E-state index >= 15 is 0 Å². The van der Waals surface area contributed by atoms with E-state index in [1.54, 1.807) is 0 Å². The summed E-state index contributed by atoms with van der Waals surface area (Å²) in [6.07, 6.45) is -1.68. The molecule has 0 aliphatic heterocycles. The number of allylic oxidation sites excluding steroid dienone is 3. The Balaban J connectivity index is 1.64. The largest absolute Gasteiger partial charge is 0.481 e. The molecule has 0 aromatic carbocycles. The van der Waals surface area contributed by atoms with Crippen LogP contribution in [0.5, 0.6) is 0 Å². The number of carbonyl (C=O) groups excluding carboxylic acids is 2. The molecule has 7 nitrogen and oxygen atoms in total. The molecule has 2 atom stereocenters. The van der Waals surface area contributed by atoms with Crippen LogP contribution in [-0.4, -0.2) is 69.8 Å². The molecule has 5 aliphatic rings. The zero-order valence-corrected chi connectivity index (χ0v) is 25.0. The molecule has 2 unspecified atom stereocenters. The normalized spacial score (nSPS) is 30.3. The minimum absolute atomic E-state index is 0.0161. The second-order valence-electron chi connectivity index (χ2n) is 13.0. The molecule has 0 saturated heterocycles. The van der Waals surface area contributed by atoms with E-state index in [1.807, 2.05) is 13.8 Å². The van der Waals surface area contributed by atoms with Crippen LogP contribution in [0.25, 0.3) is 0 Å². The minimum atomic E-state index is -5.06. The van der Waals surface area contributed by atoms with Gasteiger partial charge in [-0.05, 0) is 68.8 Å². The van der Waals surface area contributed by atoms with Crippen molar-refractivity contribution >= 4 is 52.8 Å². The summed E-state index contributed by atoms with van der Waals surface area (Å²) in [5.41, 5.74) is -3.70. The average Bonchev–Trinajstić information content (AvgIpc) is 2.86. The molecule has 13 heteroatoms. The van der Waals surface area contributed by atoms with E-state index in [1.165, 1.54) is 0 Å². The van der Waals surface area contributed by atoms with E-state index in [4.69, 9.17) is 28.6 Å². The molecule has 4 saturated carbocycles. The predicted octanol–water partition coefficient (Wildman–Crippen LogP) is 6.62. The summed E-state index contributed by atoms with van der Waals surface area (Å²) in [7, 11) is 0. The number of carbonyl (C=O) groups is 3. The van der Waals surface area contributed by atoms with Crippen molar-refractivity contribution in [3.8, 4) is 0 Å². The summed E-state index contributed by atoms with van der Waals surface area (Å²) in [5.74, 6) is -5.58. The number of carboxylic acids is 1. The van der Waals surface area contributed by atoms with Gasteiger partial charge in [0.1, 0.15) is 17.5 Å². The Bertz CT molecular complexity index is 1230. The van der Waals surface area contributed by atoms with Gasteiger partial charge in [-0.15, -0.1) is 11.6 Å². The summed E-state index contributed by atoms with van der Waals surface area (Å²) >= 11 is 12.3. The maximum Gasteiger partial charge on any atom is 0.430 e. The minimum Gasteiger partial charge on any atom is -0.481 e. The number of ketones is 1. The monoisotopic (exact) mass is 635 g/mol. The lowest BCUT2D eigenvalue weighted by molar-refractivity contribution is -0.156. The van der Waals surface area contributed by atoms with Crippen LogP contribution in [0.1, 0.15) is 71.6 Å². The number of aliphatic imine (C=N–C) groups is 1. The molecule has 2 N–H and O–H groups in total. The van der Waals surface area contributed by atoms with E-state index in [0.717, 1.165) is 11.0 Å². The topological polar surface area (TPSA) is 111 Å². The van der Waals surface area contributed by atoms with Crippen molar-refractivity contribution in [3.05, 3.63) is 22.5 Å². The lowest BCUT2D eigenvalue weighted by Gasteiger charge is -2.49. The van der Waals surface area contributed by atoms with E-state index in [0.29, 0.717) is 19.1 Å². The van der Waals surface area contributed by atoms with Gasteiger partial charge in [-0.3, -0.25) is 19.4 Å². The number of Topliss-reactive ketones (excluding diaryl/α,β-unsaturated/α-hetero) is 1. The van der Waals surface area contributed by atoms with Crippen LogP contribution in [0.4, 0.5) is 17.6 Å². The summed E-state index contributed by atoms with van der Waals surface area (Å²) in [6.45, 7) is 3.39. The smallest absolute Gasteiger partial charge is 0.430 e. The molecular formula is C29H35Cl2F4N3O4. The first-order chi connectivity index (χ1) is 19.4. The van der Waals surface area contributed by atoms with Gasteiger partial charge in [0.2, 0.25) is 5.91 Å². The van der Waals surface area contributed by atoms with E-state index in [-0.39, 0.29) is 73.4 Å². The molecule has 1 amide bonds. The first-order valence-corrected chi connectivity index (χ1v) is 14.8. The van der Waals surface area contributed by atoms with E-state index in [2.05, 4.69) is 4.99 Å². The highest BCUT2D eigenvalue weighted by Gasteiger charge is 2.55. The number of carboxylic acid groups (broad SMARTS) is 1. The zero-order valence-electron chi connectivity index (χ0n) is 23.5. The molecular weight excluding hydrogens is 601 g/mol. The number of nitrogens with one attached hydrogen (secondary N) is 1. The van der Waals surface area contributed by atoms with Gasteiger partial charge in [-0.25, -0.2) is 4.39 Å². The van der Waals surface area contributed by atoms with Crippen LogP contribution in [-0.2, 0) is 14.4 Å². The quantitative estimate of drug-likeness (QED) is 0.160. The lowest BCUT2D eigenvalue weighted by atomic mass is 9.57. The standard InChI is InChI=1S/C29H35Cl2F4N3O4/c1-26(2)11-16(12-26)14-38(15-21(39)22-19(30)9-17(32)10-20(22)31)24(40)18(13-36)23(29(33,34)35)37-28-6-3-27(4-7-28,5-8-28)25(41)42/h9,13,16,18-19,36H,3-8,10-12,14-15H2,1-2H3,(H,41,42). The van der Waals surface area contributed by atoms with Gasteiger partial charge in [-0.2, -0.15) is 13.2 Å². The number of fused-ring (bicyclic) bond motifs is 3. The molecule has 2 bridgehead atoms. The molecule has 0 radical (unpaired) electrons. The van der Waals surface area contributed by atoms with Crippen LogP contribution in [0.2, 0.25) is 0 Å². The van der Waals surface area contributed by atoms with Gasteiger partial charge >= 0.3 is 12.1 Å². The fourth-order valence-electron chi connectivity index (χ4n) is 7.12. The summed E-state index contributed by atoms with van der Waals surface area (Å²) in [6, 6.07) is 0. The van der Waals surface area contributed by atoms with Crippen molar-refractivity contribution in [2.75, 3.05) is 13.1 Å². The van der Waals surface area contributed by atoms with Gasteiger partial charge in [0.15, 0.2) is 5.78 Å². The van der Waals surface area contributed by atoms with Crippen molar-refractivity contribution in [1.82, 2.24) is 4.90 Å². The molecule has 5 aliphatic carbocycles. The first-order valence-electron chi connectivity index (χ1n) is 14.0. The number of alkyl halides is 4. The molecule has 232 valence electrons. The molecule has 0 spiro atoms. The molecule has 0 heterocycles. The van der Waals surface area contributed by atoms with Gasteiger partial charge in [0.25, 0.3) is 0 Å². The highest BCUT2D eigenvalue weighted by molar-refractivity contribution is 6.36. The maximum absolute atomic E-state index is 14.5. The van der Waals surface area contributed by atoms with Crippen molar-refractivity contribution in [2.24, 2.45) is 27.7 Å². The average molecular weight is 637 g/mol. The van der Waals surface area contributed by atoms with Crippen LogP contribution >= 0.6 is 23.2 Å². The number of halogens is 6. The van der Waals surface area contributed by atoms with Crippen LogP contribution < -0.4 is 0 Å². The Morgan fingerprint density at radius 3 is 2.19 bits per heavy atom. The van der Waals surface area contributed by atoms with E-state index in [9.17, 15) is 37.1 Å². The molecule has 0 aromatic rings. The van der Waals surface area contributed by atoms with Crippen molar-refractivity contribution < 1.29 is 37.1 Å². The number of hydrogen-bond acceptors (Lipinski definition) is 5. The van der Waals surface area contributed by atoms with Gasteiger partial charge in [0, 0.05) is 29.8 Å². The number of aliphatic carboxylic acids is 1. The number of nitrogens with zero attached hydrogens (tertiary/aromatic N) is 2. The summed E-state index contributed by atoms with van der Waals surface area (Å²) < 4.78 is 57.4. The summed E-state index contributed by atoms with van der Waals surface area (Å²) in [4.78, 5) is 44.1. The fraction of sp³-hybridized carbons (Fsp3) is 0.690. The Labute approximate surface area is 251 Å². The van der Waals surface area contributed by atoms with E-state index < -0.39 is 64.2 Å². The third-order valence-corrected chi connectivity index (χ3v) is 10.0.